The van der Waals surface area contributed by atoms with Crippen molar-refractivity contribution in [2.75, 3.05) is 36.2 Å². The van der Waals surface area contributed by atoms with E-state index in [9.17, 15) is 18.7 Å². The molecule has 1 aliphatic carbocycles. The van der Waals surface area contributed by atoms with Gasteiger partial charge < -0.3 is 31.1 Å². The van der Waals surface area contributed by atoms with Gasteiger partial charge >= 0.3 is 6.03 Å². The van der Waals surface area contributed by atoms with E-state index in [1.165, 1.54) is 22.8 Å². The number of anilines is 4. The van der Waals surface area contributed by atoms with Crippen molar-refractivity contribution in [3.63, 3.8) is 0 Å². The molecule has 2 amide bonds. The summed E-state index contributed by atoms with van der Waals surface area (Å²) in [5, 5.41) is 24.9. The quantitative estimate of drug-likeness (QED) is 0.383. The first kappa shape index (κ1) is 21.2. The zero-order chi connectivity index (χ0) is 23.1. The number of amides is 2. The van der Waals surface area contributed by atoms with E-state index in [-0.39, 0.29) is 12.5 Å². The number of carbonyl (C=O) groups is 1. The number of rotatable bonds is 6. The highest BCUT2D eigenvalue weighted by atomic mass is 19.1. The van der Waals surface area contributed by atoms with Gasteiger partial charge in [0, 0.05) is 38.1 Å². The van der Waals surface area contributed by atoms with Gasteiger partial charge in [-0.15, -0.1) is 0 Å². The first-order valence-corrected chi connectivity index (χ1v) is 10.6. The highest BCUT2D eigenvalue weighted by molar-refractivity contribution is 5.93. The van der Waals surface area contributed by atoms with Gasteiger partial charge in [-0.25, -0.2) is 18.6 Å². The van der Waals surface area contributed by atoms with E-state index >= 15 is 0 Å². The average molecular weight is 459 g/mol. The summed E-state index contributed by atoms with van der Waals surface area (Å²) >= 11 is 0. The lowest BCUT2D eigenvalue weighted by Crippen LogP contribution is -2.31. The van der Waals surface area contributed by atoms with Gasteiger partial charge in [0.05, 0.1) is 24.5 Å². The molecule has 0 unspecified atom stereocenters. The normalized spacial score (nSPS) is 21.2. The lowest BCUT2D eigenvalue weighted by atomic mass is 9.96. The number of ether oxygens (including phenoxy) is 1. The van der Waals surface area contributed by atoms with Crippen LogP contribution in [0.15, 0.2) is 24.4 Å². The molecule has 33 heavy (non-hydrogen) atoms. The van der Waals surface area contributed by atoms with Crippen LogP contribution in [-0.2, 0) is 6.42 Å². The van der Waals surface area contributed by atoms with Crippen LogP contribution in [0.4, 0.5) is 36.6 Å². The molecule has 0 spiro atoms. The standard InChI is InChI=1S/C21H23F2N7O3/c1-24-18-6-17(26-15-4-12(22)3-11-2-10(8-31)9-33-19(11)15)29-20-16(7-25-30(18)20)28-21(32)27-14-5-13(14)23/h3-4,6-7,10,13-14,24,31H,2,5,8-9H2,1H3,(H,26,29)(H2,27,28,32)/t10-,13+,14-/m1/s1. The molecule has 1 saturated carbocycles. The molecular weight excluding hydrogens is 436 g/mol. The van der Waals surface area contributed by atoms with Gasteiger partial charge in [-0.3, -0.25) is 0 Å². The minimum atomic E-state index is -1.02. The number of urea groups is 1. The fraction of sp³-hybridized carbons (Fsp3) is 0.381. The number of hydrogen-bond acceptors (Lipinski definition) is 7. The predicted octanol–water partition coefficient (Wildman–Crippen LogP) is 2.43. The fourth-order valence-corrected chi connectivity index (χ4v) is 3.82. The highest BCUT2D eigenvalue weighted by Gasteiger charge is 2.38. The average Bonchev–Trinajstić information content (AvgIpc) is 3.34. The molecule has 3 heterocycles. The van der Waals surface area contributed by atoms with E-state index in [1.54, 1.807) is 13.1 Å². The molecule has 2 aromatic heterocycles. The number of fused-ring (bicyclic) bond motifs is 2. The van der Waals surface area contributed by atoms with Crippen LogP contribution >= 0.6 is 0 Å². The van der Waals surface area contributed by atoms with Crippen LogP contribution in [-0.4, -0.2) is 58.2 Å². The number of carbonyl (C=O) groups excluding carboxylic acids is 1. The van der Waals surface area contributed by atoms with Crippen molar-refractivity contribution < 1.29 is 23.4 Å². The molecule has 0 radical (unpaired) electrons. The van der Waals surface area contributed by atoms with Crippen LogP contribution in [0.2, 0.25) is 0 Å². The Morgan fingerprint density at radius 3 is 2.88 bits per heavy atom. The molecule has 10 nitrogen and oxygen atoms in total. The van der Waals surface area contributed by atoms with Gasteiger partial charge in [0.15, 0.2) is 5.65 Å². The fourth-order valence-electron chi connectivity index (χ4n) is 3.82. The Kier molecular flexibility index (Phi) is 5.36. The van der Waals surface area contributed by atoms with Crippen molar-refractivity contribution >= 4 is 34.7 Å². The van der Waals surface area contributed by atoms with Crippen molar-refractivity contribution in [1.29, 1.82) is 0 Å². The van der Waals surface area contributed by atoms with Crippen LogP contribution in [0.1, 0.15) is 12.0 Å². The third-order valence-corrected chi connectivity index (χ3v) is 5.63. The van der Waals surface area contributed by atoms with Crippen LogP contribution in [0.5, 0.6) is 5.75 Å². The van der Waals surface area contributed by atoms with Crippen molar-refractivity contribution in [3.05, 3.63) is 35.8 Å². The molecule has 12 heteroatoms. The Morgan fingerprint density at radius 1 is 1.33 bits per heavy atom. The summed E-state index contributed by atoms with van der Waals surface area (Å²) < 4.78 is 34.7. The second kappa shape index (κ2) is 8.35. The zero-order valence-corrected chi connectivity index (χ0v) is 17.7. The van der Waals surface area contributed by atoms with Crippen LogP contribution in [0.3, 0.4) is 0 Å². The van der Waals surface area contributed by atoms with Crippen molar-refractivity contribution in [3.8, 4) is 5.75 Å². The highest BCUT2D eigenvalue weighted by Crippen LogP contribution is 2.37. The van der Waals surface area contributed by atoms with Crippen LogP contribution < -0.4 is 26.0 Å². The summed E-state index contributed by atoms with van der Waals surface area (Å²) in [5.41, 5.74) is 1.72. The van der Waals surface area contributed by atoms with Gasteiger partial charge in [0.1, 0.15) is 35.1 Å². The summed E-state index contributed by atoms with van der Waals surface area (Å²) in [6.07, 6.45) is 1.22. The maximum atomic E-state index is 14.3. The molecule has 3 aromatic rings. The molecule has 5 rings (SSSR count). The molecule has 1 aromatic carbocycles. The maximum absolute atomic E-state index is 14.3. The van der Waals surface area contributed by atoms with Crippen LogP contribution in [0.25, 0.3) is 5.65 Å². The van der Waals surface area contributed by atoms with Crippen LogP contribution in [0, 0.1) is 11.7 Å². The Hall–Kier alpha value is -3.67. The molecule has 5 N–H and O–H groups in total. The molecule has 174 valence electrons. The second-order valence-electron chi connectivity index (χ2n) is 8.16. The van der Waals surface area contributed by atoms with E-state index in [0.717, 1.165) is 0 Å². The van der Waals surface area contributed by atoms with Crippen molar-refractivity contribution in [1.82, 2.24) is 19.9 Å². The monoisotopic (exact) mass is 459 g/mol. The summed E-state index contributed by atoms with van der Waals surface area (Å²) in [4.78, 5) is 16.7. The van der Waals surface area contributed by atoms with Gasteiger partial charge in [-0.05, 0) is 18.1 Å². The van der Waals surface area contributed by atoms with Crippen molar-refractivity contribution in [2.24, 2.45) is 5.92 Å². The molecule has 3 atom stereocenters. The number of aliphatic hydroxyl groups is 1. The summed E-state index contributed by atoms with van der Waals surface area (Å²) in [6, 6.07) is 3.37. The number of halogens is 2. The summed E-state index contributed by atoms with van der Waals surface area (Å²) in [7, 11) is 1.71. The lowest BCUT2D eigenvalue weighted by molar-refractivity contribution is 0.147. The Balaban J connectivity index is 1.45. The van der Waals surface area contributed by atoms with E-state index in [4.69, 9.17) is 4.74 Å². The Bertz CT molecular complexity index is 1220. The Labute approximate surface area is 187 Å². The number of aromatic nitrogens is 3. The summed E-state index contributed by atoms with van der Waals surface area (Å²) in [6.45, 7) is 0.282. The van der Waals surface area contributed by atoms with Gasteiger partial charge in [0.25, 0.3) is 0 Å². The topological polar surface area (TPSA) is 125 Å². The van der Waals surface area contributed by atoms with E-state index < -0.39 is 24.1 Å². The second-order valence-corrected chi connectivity index (χ2v) is 8.16. The summed E-state index contributed by atoms with van der Waals surface area (Å²) in [5.74, 6) is 0.900. The van der Waals surface area contributed by atoms with E-state index in [0.29, 0.717) is 59.4 Å². The third-order valence-electron chi connectivity index (χ3n) is 5.63. The minimum Gasteiger partial charge on any atom is -0.491 e. The maximum Gasteiger partial charge on any atom is 0.319 e. The van der Waals surface area contributed by atoms with Gasteiger partial charge in [0.2, 0.25) is 0 Å². The minimum absolute atomic E-state index is 0.0419. The molecule has 0 bridgehead atoms. The van der Waals surface area contributed by atoms with E-state index in [2.05, 4.69) is 31.3 Å². The SMILES string of the molecule is CNc1cc(Nc2cc(F)cc3c2OC[C@@H](CO)C3)nc2c(NC(=O)N[C@@H]3C[C@@H]3F)cnn12. The smallest absolute Gasteiger partial charge is 0.319 e. The number of nitrogens with one attached hydrogen (secondary N) is 4. The molecule has 0 saturated heterocycles. The largest absolute Gasteiger partial charge is 0.491 e. The number of benzene rings is 1. The van der Waals surface area contributed by atoms with Gasteiger partial charge in [-0.2, -0.15) is 9.61 Å². The zero-order valence-electron chi connectivity index (χ0n) is 17.7. The first-order chi connectivity index (χ1) is 15.9. The lowest BCUT2D eigenvalue weighted by Gasteiger charge is -2.26. The van der Waals surface area contributed by atoms with Crippen molar-refractivity contribution in [2.45, 2.75) is 25.1 Å². The molecular formula is C21H23F2N7O3. The van der Waals surface area contributed by atoms with E-state index in [1.807, 2.05) is 0 Å². The predicted molar refractivity (Wildman–Crippen MR) is 117 cm³/mol. The number of aliphatic hydroxyl groups excluding tert-OH is 1. The third kappa shape index (κ3) is 4.21. The number of hydrogen-bond donors (Lipinski definition) is 5. The molecule has 1 fully saturated rings. The number of nitrogens with zero attached hydrogens (tertiary/aromatic N) is 3. The molecule has 1 aliphatic heterocycles. The molecule has 2 aliphatic rings. The van der Waals surface area contributed by atoms with Gasteiger partial charge in [-0.1, -0.05) is 0 Å². The first-order valence-electron chi connectivity index (χ1n) is 10.6. The Morgan fingerprint density at radius 2 is 2.15 bits per heavy atom. The number of alkyl halides is 1.